The topological polar surface area (TPSA) is 43.8 Å². The quantitative estimate of drug-likeness (QED) is 0.894. The fraction of sp³-hybridized carbons (Fsp3) is 0.533. The first kappa shape index (κ1) is 12.5. The van der Waals surface area contributed by atoms with E-state index in [2.05, 4.69) is 21.9 Å². The summed E-state index contributed by atoms with van der Waals surface area (Å²) in [5.74, 6) is -0.253. The predicted molar refractivity (Wildman–Crippen MR) is 74.4 cm³/mol. The number of rotatable bonds is 4. The van der Waals surface area contributed by atoms with Crippen LogP contribution < -0.4 is 4.90 Å². The molecule has 3 rings (SSSR count). The smallest absolute Gasteiger partial charge is 0.321 e. The highest BCUT2D eigenvalue weighted by Crippen LogP contribution is 2.36. The van der Waals surface area contributed by atoms with Gasteiger partial charge in [-0.25, -0.2) is 0 Å². The Labute approximate surface area is 113 Å². The molecule has 1 saturated heterocycles. The lowest BCUT2D eigenvalue weighted by Gasteiger charge is -2.38. The maximum Gasteiger partial charge on any atom is 0.321 e. The molecule has 1 heterocycles. The Bertz CT molecular complexity index is 437. The monoisotopic (exact) mass is 260 g/mol. The van der Waals surface area contributed by atoms with Crippen molar-refractivity contribution in [2.24, 2.45) is 5.92 Å². The zero-order valence-corrected chi connectivity index (χ0v) is 11.0. The van der Waals surface area contributed by atoms with Gasteiger partial charge >= 0.3 is 5.97 Å². The van der Waals surface area contributed by atoms with Gasteiger partial charge in [0.15, 0.2) is 0 Å². The van der Waals surface area contributed by atoms with Crippen molar-refractivity contribution in [3.05, 3.63) is 30.3 Å². The van der Waals surface area contributed by atoms with Crippen molar-refractivity contribution in [3.8, 4) is 0 Å². The van der Waals surface area contributed by atoms with Gasteiger partial charge in [0, 0.05) is 31.9 Å². The van der Waals surface area contributed by atoms with E-state index in [1.54, 1.807) is 0 Å². The first-order valence-corrected chi connectivity index (χ1v) is 7.02. The summed E-state index contributed by atoms with van der Waals surface area (Å²) >= 11 is 0. The predicted octanol–water partition coefficient (Wildman–Crippen LogP) is 1.67. The first-order valence-electron chi connectivity index (χ1n) is 7.02. The molecule has 0 radical (unpaired) electrons. The number of anilines is 1. The third kappa shape index (κ3) is 2.73. The molecule has 1 saturated carbocycles. The normalized spacial score (nSPS) is 22.2. The molecular formula is C15H20N2O2. The standard InChI is InChI=1S/C15H20N2O2/c18-15(19)14(12-6-7-12)17-10-8-16(9-11-17)13-4-2-1-3-5-13/h1-5,12,14H,6-11H2,(H,18,19). The molecule has 2 aliphatic rings. The van der Waals surface area contributed by atoms with Gasteiger partial charge < -0.3 is 10.0 Å². The Morgan fingerprint density at radius 1 is 1.11 bits per heavy atom. The van der Waals surface area contributed by atoms with Crippen LogP contribution in [-0.4, -0.2) is 48.2 Å². The van der Waals surface area contributed by atoms with Crippen molar-refractivity contribution in [2.45, 2.75) is 18.9 Å². The number of carboxylic acid groups (broad SMARTS) is 1. The number of benzene rings is 1. The maximum atomic E-state index is 11.4. The van der Waals surface area contributed by atoms with Gasteiger partial charge in [0.25, 0.3) is 0 Å². The molecular weight excluding hydrogens is 240 g/mol. The number of para-hydroxylation sites is 1. The molecule has 0 bridgehead atoms. The minimum absolute atomic E-state index is 0.252. The maximum absolute atomic E-state index is 11.4. The minimum atomic E-state index is -0.643. The van der Waals surface area contributed by atoms with Crippen LogP contribution in [0, 0.1) is 5.92 Å². The molecule has 0 amide bonds. The van der Waals surface area contributed by atoms with Crippen molar-refractivity contribution in [2.75, 3.05) is 31.1 Å². The molecule has 1 aliphatic carbocycles. The molecule has 4 heteroatoms. The number of hydrogen-bond acceptors (Lipinski definition) is 3. The van der Waals surface area contributed by atoms with Gasteiger partial charge in [0.2, 0.25) is 0 Å². The van der Waals surface area contributed by atoms with Gasteiger partial charge in [-0.05, 0) is 30.9 Å². The van der Waals surface area contributed by atoms with Crippen LogP contribution in [0.5, 0.6) is 0 Å². The van der Waals surface area contributed by atoms with Gasteiger partial charge in [-0.1, -0.05) is 18.2 Å². The second-order valence-corrected chi connectivity index (χ2v) is 5.48. The molecule has 0 aromatic heterocycles. The summed E-state index contributed by atoms with van der Waals surface area (Å²) in [6.07, 6.45) is 2.16. The molecule has 102 valence electrons. The number of piperazine rings is 1. The average Bonchev–Trinajstić information content (AvgIpc) is 3.25. The molecule has 0 spiro atoms. The number of carboxylic acids is 1. The number of aliphatic carboxylic acids is 1. The van der Waals surface area contributed by atoms with Crippen molar-refractivity contribution in [3.63, 3.8) is 0 Å². The largest absolute Gasteiger partial charge is 0.480 e. The Morgan fingerprint density at radius 3 is 2.26 bits per heavy atom. The summed E-state index contributed by atoms with van der Waals surface area (Å²) < 4.78 is 0. The summed E-state index contributed by atoms with van der Waals surface area (Å²) in [5.41, 5.74) is 1.24. The number of nitrogens with zero attached hydrogens (tertiary/aromatic N) is 2. The lowest BCUT2D eigenvalue weighted by atomic mass is 10.1. The molecule has 1 aliphatic heterocycles. The van der Waals surface area contributed by atoms with E-state index in [9.17, 15) is 9.90 Å². The second-order valence-electron chi connectivity index (χ2n) is 5.48. The van der Waals surface area contributed by atoms with E-state index < -0.39 is 5.97 Å². The molecule has 1 aromatic rings. The zero-order chi connectivity index (χ0) is 13.2. The molecule has 4 nitrogen and oxygen atoms in total. The summed E-state index contributed by atoms with van der Waals surface area (Å²) in [5, 5.41) is 9.36. The summed E-state index contributed by atoms with van der Waals surface area (Å²) in [6, 6.07) is 10.1. The molecule has 1 unspecified atom stereocenters. The van der Waals surface area contributed by atoms with E-state index in [0.717, 1.165) is 39.0 Å². The molecule has 19 heavy (non-hydrogen) atoms. The van der Waals surface area contributed by atoms with Gasteiger partial charge in [-0.2, -0.15) is 0 Å². The van der Waals surface area contributed by atoms with Crippen LogP contribution in [0.4, 0.5) is 5.69 Å². The first-order chi connectivity index (χ1) is 9.25. The van der Waals surface area contributed by atoms with E-state index in [1.165, 1.54) is 5.69 Å². The third-order valence-electron chi connectivity index (χ3n) is 4.15. The summed E-state index contributed by atoms with van der Waals surface area (Å²) in [7, 11) is 0. The highest BCUT2D eigenvalue weighted by Gasteiger charge is 2.41. The third-order valence-corrected chi connectivity index (χ3v) is 4.15. The van der Waals surface area contributed by atoms with Crippen LogP contribution in [0.25, 0.3) is 0 Å². The van der Waals surface area contributed by atoms with Gasteiger partial charge in [0.1, 0.15) is 6.04 Å². The minimum Gasteiger partial charge on any atom is -0.480 e. The van der Waals surface area contributed by atoms with Crippen LogP contribution >= 0.6 is 0 Å². The van der Waals surface area contributed by atoms with Gasteiger partial charge in [-0.15, -0.1) is 0 Å². The Kier molecular flexibility index (Phi) is 3.42. The molecule has 1 aromatic carbocycles. The fourth-order valence-electron chi connectivity index (χ4n) is 2.97. The van der Waals surface area contributed by atoms with Crippen LogP contribution in [-0.2, 0) is 4.79 Å². The number of carbonyl (C=O) groups is 1. The Morgan fingerprint density at radius 2 is 1.74 bits per heavy atom. The molecule has 1 atom stereocenters. The van der Waals surface area contributed by atoms with Crippen molar-refractivity contribution >= 4 is 11.7 Å². The van der Waals surface area contributed by atoms with E-state index in [1.807, 2.05) is 18.2 Å². The molecule has 1 N–H and O–H groups in total. The average molecular weight is 260 g/mol. The van der Waals surface area contributed by atoms with Crippen LogP contribution in [0.1, 0.15) is 12.8 Å². The zero-order valence-electron chi connectivity index (χ0n) is 11.0. The van der Waals surface area contributed by atoms with E-state index in [0.29, 0.717) is 5.92 Å². The van der Waals surface area contributed by atoms with E-state index in [-0.39, 0.29) is 6.04 Å². The van der Waals surface area contributed by atoms with Crippen molar-refractivity contribution in [1.82, 2.24) is 4.90 Å². The SMILES string of the molecule is O=C(O)C(C1CC1)N1CCN(c2ccccc2)CC1. The Balaban J connectivity index is 1.61. The fourth-order valence-corrected chi connectivity index (χ4v) is 2.97. The highest BCUT2D eigenvalue weighted by atomic mass is 16.4. The van der Waals surface area contributed by atoms with E-state index >= 15 is 0 Å². The van der Waals surface area contributed by atoms with E-state index in [4.69, 9.17) is 0 Å². The van der Waals surface area contributed by atoms with Crippen molar-refractivity contribution in [1.29, 1.82) is 0 Å². The van der Waals surface area contributed by atoms with Crippen LogP contribution in [0.15, 0.2) is 30.3 Å². The van der Waals surface area contributed by atoms with Crippen molar-refractivity contribution < 1.29 is 9.90 Å². The lowest BCUT2D eigenvalue weighted by molar-refractivity contribution is -0.144. The summed E-state index contributed by atoms with van der Waals surface area (Å²) in [6.45, 7) is 3.53. The van der Waals surface area contributed by atoms with Gasteiger partial charge in [-0.3, -0.25) is 9.69 Å². The highest BCUT2D eigenvalue weighted by molar-refractivity contribution is 5.74. The van der Waals surface area contributed by atoms with Crippen LogP contribution in [0.2, 0.25) is 0 Å². The van der Waals surface area contributed by atoms with Crippen LogP contribution in [0.3, 0.4) is 0 Å². The number of hydrogen-bond donors (Lipinski definition) is 1. The summed E-state index contributed by atoms with van der Waals surface area (Å²) in [4.78, 5) is 15.9. The lowest BCUT2D eigenvalue weighted by Crippen LogP contribution is -2.53. The van der Waals surface area contributed by atoms with Gasteiger partial charge in [0.05, 0.1) is 0 Å². The Hall–Kier alpha value is -1.55. The second kappa shape index (κ2) is 5.21. The molecule has 2 fully saturated rings.